The maximum atomic E-state index is 14.6. The average Bonchev–Trinajstić information content (AvgIpc) is 2.87. The van der Waals surface area contributed by atoms with E-state index in [9.17, 15) is 14.3 Å². The van der Waals surface area contributed by atoms with Crippen LogP contribution in [0.2, 0.25) is 0 Å². The highest BCUT2D eigenvalue weighted by molar-refractivity contribution is 8.00. The molecule has 0 spiro atoms. The molecule has 2 aliphatic rings. The number of carbonyl (C=O) groups is 1. The van der Waals surface area contributed by atoms with Crippen LogP contribution in [0.4, 0.5) is 10.1 Å². The van der Waals surface area contributed by atoms with Gasteiger partial charge in [-0.05, 0) is 80.5 Å². The van der Waals surface area contributed by atoms with E-state index in [4.69, 9.17) is 4.74 Å². The Labute approximate surface area is 208 Å². The van der Waals surface area contributed by atoms with Gasteiger partial charge in [0.25, 0.3) is 0 Å². The van der Waals surface area contributed by atoms with Crippen LogP contribution in [0.15, 0.2) is 47.5 Å². The van der Waals surface area contributed by atoms with Crippen molar-refractivity contribution in [2.75, 3.05) is 18.2 Å². The van der Waals surface area contributed by atoms with Gasteiger partial charge in [0.2, 0.25) is 5.91 Å². The molecule has 0 bridgehead atoms. The number of hydrogen-bond acceptors (Lipinski definition) is 6. The monoisotopic (exact) mass is 495 g/mol. The minimum Gasteiger partial charge on any atom is -0.497 e. The zero-order chi connectivity index (χ0) is 24.4. The Hall–Kier alpha value is -2.68. The molecule has 5 rings (SSSR count). The molecule has 2 aromatic carbocycles. The number of pyridine rings is 1. The second-order valence-electron chi connectivity index (χ2n) is 9.51. The molecule has 0 radical (unpaired) electrons. The van der Waals surface area contributed by atoms with Crippen LogP contribution in [0.25, 0.3) is 10.9 Å². The molecule has 1 saturated carbocycles. The van der Waals surface area contributed by atoms with Crippen molar-refractivity contribution in [2.45, 2.75) is 61.6 Å². The number of halogens is 1. The molecular weight excluding hydrogens is 465 g/mol. The predicted molar refractivity (Wildman–Crippen MR) is 136 cm³/mol. The first-order chi connectivity index (χ1) is 16.9. The van der Waals surface area contributed by atoms with Crippen LogP contribution in [0, 0.1) is 5.82 Å². The van der Waals surface area contributed by atoms with E-state index >= 15 is 0 Å². The summed E-state index contributed by atoms with van der Waals surface area (Å²) >= 11 is 1.36. The van der Waals surface area contributed by atoms with Crippen LogP contribution >= 0.6 is 11.8 Å². The lowest BCUT2D eigenvalue weighted by Crippen LogP contribution is -2.41. The molecule has 6 nitrogen and oxygen atoms in total. The Balaban J connectivity index is 1.16. The summed E-state index contributed by atoms with van der Waals surface area (Å²) in [6.45, 7) is 0.396. The van der Waals surface area contributed by atoms with Gasteiger partial charge < -0.3 is 20.5 Å². The first-order valence-corrected chi connectivity index (χ1v) is 13.0. The molecule has 1 aromatic heterocycles. The topological polar surface area (TPSA) is 83.5 Å². The maximum absolute atomic E-state index is 14.6. The summed E-state index contributed by atoms with van der Waals surface area (Å²) in [6, 6.07) is 11.4. The van der Waals surface area contributed by atoms with Gasteiger partial charge in [0.1, 0.15) is 11.6 Å². The third-order valence-corrected chi connectivity index (χ3v) is 8.23. The van der Waals surface area contributed by atoms with Gasteiger partial charge in [-0.15, -0.1) is 11.8 Å². The number of hydrogen-bond donors (Lipinski definition) is 3. The molecule has 0 atom stereocenters. The first-order valence-electron chi connectivity index (χ1n) is 12.0. The lowest BCUT2D eigenvalue weighted by molar-refractivity contribution is -0.113. The SMILES string of the molecule is COc1ccc2nccc(CCC3(O)CCC(NCc4cc5c(cc4F)SCC(=O)N5)CC3)c2c1. The van der Waals surface area contributed by atoms with Gasteiger partial charge in [-0.25, -0.2) is 4.39 Å². The van der Waals surface area contributed by atoms with Crippen LogP contribution in [0.5, 0.6) is 5.75 Å². The number of carbonyl (C=O) groups excluding carboxylic acids is 1. The van der Waals surface area contributed by atoms with E-state index in [0.717, 1.165) is 46.4 Å². The summed E-state index contributed by atoms with van der Waals surface area (Å²) in [4.78, 5) is 16.9. The standard InChI is InChI=1S/C27H30FN3O3S/c1-34-20-2-3-23-21(13-20)17(7-11-29-23)4-8-27(33)9-5-19(6-10-27)30-15-18-12-24-25(14-22(18)28)35-16-26(32)31-24/h2-3,7,11-14,19,30,33H,4-6,8-10,15-16H2,1H3,(H,31,32). The van der Waals surface area contributed by atoms with Crippen LogP contribution in [-0.4, -0.2) is 40.5 Å². The fourth-order valence-electron chi connectivity index (χ4n) is 5.04. The number of ether oxygens (including phenoxy) is 1. The summed E-state index contributed by atoms with van der Waals surface area (Å²) < 4.78 is 19.9. The zero-order valence-electron chi connectivity index (χ0n) is 19.8. The number of amides is 1. The van der Waals surface area contributed by atoms with Crippen molar-refractivity contribution in [1.29, 1.82) is 0 Å². The molecule has 8 heteroatoms. The number of anilines is 1. The van der Waals surface area contributed by atoms with Crippen molar-refractivity contribution in [3.05, 3.63) is 59.5 Å². The first kappa shape index (κ1) is 24.0. The summed E-state index contributed by atoms with van der Waals surface area (Å²) in [5.74, 6) is 0.807. The van der Waals surface area contributed by atoms with E-state index in [2.05, 4.69) is 15.6 Å². The van der Waals surface area contributed by atoms with E-state index < -0.39 is 5.60 Å². The van der Waals surface area contributed by atoms with Gasteiger partial charge in [-0.3, -0.25) is 9.78 Å². The van der Waals surface area contributed by atoms with Crippen LogP contribution in [0.1, 0.15) is 43.2 Å². The number of aromatic nitrogens is 1. The molecule has 0 unspecified atom stereocenters. The highest BCUT2D eigenvalue weighted by Crippen LogP contribution is 2.35. The lowest BCUT2D eigenvalue weighted by Gasteiger charge is -2.36. The Bertz CT molecular complexity index is 1240. The maximum Gasteiger partial charge on any atom is 0.234 e. The van der Waals surface area contributed by atoms with E-state index in [0.29, 0.717) is 42.8 Å². The fraction of sp³-hybridized carbons (Fsp3) is 0.407. The smallest absolute Gasteiger partial charge is 0.234 e. The lowest BCUT2D eigenvalue weighted by atomic mass is 9.78. The van der Waals surface area contributed by atoms with Crippen LogP contribution in [-0.2, 0) is 17.8 Å². The van der Waals surface area contributed by atoms with Crippen molar-refractivity contribution < 1.29 is 19.0 Å². The Morgan fingerprint density at radius 2 is 2.06 bits per heavy atom. The Kier molecular flexibility index (Phi) is 6.95. The molecule has 1 aliphatic heterocycles. The molecule has 35 heavy (non-hydrogen) atoms. The molecule has 2 heterocycles. The van der Waals surface area contributed by atoms with Gasteiger partial charge in [-0.2, -0.15) is 0 Å². The molecule has 3 aromatic rings. The van der Waals surface area contributed by atoms with Gasteiger partial charge in [0.15, 0.2) is 0 Å². The van der Waals surface area contributed by atoms with Crippen molar-refractivity contribution in [1.82, 2.24) is 10.3 Å². The van der Waals surface area contributed by atoms with E-state index in [1.807, 2.05) is 30.5 Å². The molecule has 0 saturated heterocycles. The second-order valence-corrected chi connectivity index (χ2v) is 10.5. The normalized spacial score (nSPS) is 22.0. The van der Waals surface area contributed by atoms with Crippen molar-refractivity contribution in [2.24, 2.45) is 0 Å². The molecule has 1 aliphatic carbocycles. The molecule has 184 valence electrons. The number of rotatable bonds is 7. The van der Waals surface area contributed by atoms with Crippen LogP contribution in [0.3, 0.4) is 0 Å². The number of benzene rings is 2. The summed E-state index contributed by atoms with van der Waals surface area (Å²) in [5, 5.41) is 18.6. The van der Waals surface area contributed by atoms with E-state index in [1.54, 1.807) is 13.2 Å². The highest BCUT2D eigenvalue weighted by atomic mass is 32.2. The Morgan fingerprint density at radius 3 is 2.86 bits per heavy atom. The number of thioether (sulfide) groups is 1. The van der Waals surface area contributed by atoms with Crippen molar-refractivity contribution in [3.63, 3.8) is 0 Å². The second kappa shape index (κ2) is 10.1. The highest BCUT2D eigenvalue weighted by Gasteiger charge is 2.33. The number of fused-ring (bicyclic) bond motifs is 2. The van der Waals surface area contributed by atoms with Gasteiger partial charge >= 0.3 is 0 Å². The van der Waals surface area contributed by atoms with E-state index in [1.165, 1.54) is 17.8 Å². The Morgan fingerprint density at radius 1 is 1.23 bits per heavy atom. The van der Waals surface area contributed by atoms with Crippen molar-refractivity contribution >= 4 is 34.3 Å². The number of aliphatic hydroxyl groups is 1. The third-order valence-electron chi connectivity index (χ3n) is 7.18. The fourth-order valence-corrected chi connectivity index (χ4v) is 5.85. The quantitative estimate of drug-likeness (QED) is 0.436. The van der Waals surface area contributed by atoms with Gasteiger partial charge in [0.05, 0.1) is 29.7 Å². The third kappa shape index (κ3) is 5.44. The minimum atomic E-state index is -0.703. The predicted octanol–water partition coefficient (Wildman–Crippen LogP) is 4.82. The summed E-state index contributed by atoms with van der Waals surface area (Å²) in [6.07, 6.45) is 6.35. The minimum absolute atomic E-state index is 0.0570. The van der Waals surface area contributed by atoms with Gasteiger partial charge in [-0.1, -0.05) is 0 Å². The van der Waals surface area contributed by atoms with Crippen molar-refractivity contribution in [3.8, 4) is 5.75 Å². The number of aryl methyl sites for hydroxylation is 1. The molecule has 1 amide bonds. The molecular formula is C27H30FN3O3S. The number of nitrogens with zero attached hydrogens (tertiary/aromatic N) is 1. The summed E-state index contributed by atoms with van der Waals surface area (Å²) in [7, 11) is 1.66. The van der Waals surface area contributed by atoms with Gasteiger partial charge in [0, 0.05) is 34.6 Å². The average molecular weight is 496 g/mol. The number of nitrogens with one attached hydrogen (secondary N) is 2. The number of methoxy groups -OCH3 is 1. The zero-order valence-corrected chi connectivity index (χ0v) is 20.6. The molecule has 3 N–H and O–H groups in total. The molecule has 1 fully saturated rings. The van der Waals surface area contributed by atoms with Crippen LogP contribution < -0.4 is 15.4 Å². The van der Waals surface area contributed by atoms with E-state index in [-0.39, 0.29) is 17.8 Å². The summed E-state index contributed by atoms with van der Waals surface area (Å²) in [5.41, 5.74) is 2.62. The largest absolute Gasteiger partial charge is 0.497 e.